The van der Waals surface area contributed by atoms with Crippen LogP contribution in [-0.2, 0) is 6.42 Å². The molecule has 1 unspecified atom stereocenters. The van der Waals surface area contributed by atoms with Crippen LogP contribution >= 0.6 is 11.6 Å². The zero-order chi connectivity index (χ0) is 18.0. The lowest BCUT2D eigenvalue weighted by atomic mass is 10.2. The topological polar surface area (TPSA) is 99.4 Å². The Labute approximate surface area is 149 Å². The number of carbonyl (C=O) groups excluding carboxylic acids is 1. The average molecular weight is 364 g/mol. The molecule has 8 nitrogen and oxygen atoms in total. The maximum absolute atomic E-state index is 11.8. The summed E-state index contributed by atoms with van der Waals surface area (Å²) in [7, 11) is 3.35. The molecule has 2 heterocycles. The van der Waals surface area contributed by atoms with Crippen molar-refractivity contribution in [2.45, 2.75) is 12.5 Å². The van der Waals surface area contributed by atoms with Crippen LogP contribution in [0.3, 0.4) is 0 Å². The van der Waals surface area contributed by atoms with Crippen LogP contribution in [0.4, 0.5) is 4.79 Å². The van der Waals surface area contributed by atoms with E-state index in [1.165, 1.54) is 15.8 Å². The van der Waals surface area contributed by atoms with Gasteiger partial charge in [-0.3, -0.25) is 4.57 Å². The van der Waals surface area contributed by atoms with Crippen molar-refractivity contribution < 1.29 is 14.1 Å². The van der Waals surface area contributed by atoms with Crippen LogP contribution < -0.4 is 10.5 Å². The van der Waals surface area contributed by atoms with Gasteiger partial charge in [0.25, 0.3) is 5.88 Å². The minimum atomic E-state index is -0.316. The third-order valence-electron chi connectivity index (χ3n) is 3.54. The van der Waals surface area contributed by atoms with Crippen molar-refractivity contribution in [3.05, 3.63) is 41.4 Å². The number of imidazole rings is 1. The van der Waals surface area contributed by atoms with Crippen LogP contribution in [-0.4, -0.2) is 52.4 Å². The second-order valence-electron chi connectivity index (χ2n) is 5.85. The molecule has 2 aromatic heterocycles. The number of ether oxygens (including phenoxy) is 1. The van der Waals surface area contributed by atoms with E-state index >= 15 is 0 Å². The lowest BCUT2D eigenvalue weighted by Crippen LogP contribution is -2.30. The summed E-state index contributed by atoms with van der Waals surface area (Å²) < 4.78 is 12.2. The highest BCUT2D eigenvalue weighted by Crippen LogP contribution is 2.27. The molecule has 132 valence electrons. The molecule has 2 N–H and O–H groups in total. The first kappa shape index (κ1) is 17.2. The van der Waals surface area contributed by atoms with Gasteiger partial charge in [0, 0.05) is 37.8 Å². The Bertz CT molecular complexity index is 889. The largest absolute Gasteiger partial charge is 0.473 e. The number of halogens is 1. The summed E-state index contributed by atoms with van der Waals surface area (Å²) in [6, 6.07) is 4.68. The van der Waals surface area contributed by atoms with Gasteiger partial charge in [0.15, 0.2) is 5.58 Å². The van der Waals surface area contributed by atoms with Crippen molar-refractivity contribution in [2.24, 2.45) is 5.73 Å². The summed E-state index contributed by atoms with van der Waals surface area (Å²) in [5.41, 5.74) is 7.39. The Morgan fingerprint density at radius 3 is 3.04 bits per heavy atom. The molecular weight excluding hydrogens is 346 g/mol. The molecular formula is C16H18ClN5O3. The van der Waals surface area contributed by atoms with Crippen LogP contribution in [0, 0.1) is 0 Å². The second kappa shape index (κ2) is 7.12. The molecule has 3 aromatic rings. The minimum Gasteiger partial charge on any atom is -0.473 e. The van der Waals surface area contributed by atoms with Gasteiger partial charge in [-0.25, -0.2) is 9.78 Å². The standard InChI is InChI=1S/C16H18ClN5O3/c1-21(2)16(23)22-7-12(19-9-22)6-11(18)8-24-15-13-5-10(17)3-4-14(13)25-20-15/h3-5,7,9,11H,6,8,18H2,1-2H3. The molecule has 0 fully saturated rings. The van der Waals surface area contributed by atoms with Gasteiger partial charge in [-0.05, 0) is 23.4 Å². The third-order valence-corrected chi connectivity index (χ3v) is 3.78. The van der Waals surface area contributed by atoms with E-state index in [4.69, 9.17) is 26.6 Å². The predicted molar refractivity (Wildman–Crippen MR) is 92.9 cm³/mol. The molecule has 0 aliphatic heterocycles. The minimum absolute atomic E-state index is 0.172. The second-order valence-corrected chi connectivity index (χ2v) is 6.29. The van der Waals surface area contributed by atoms with Crippen molar-refractivity contribution in [3.63, 3.8) is 0 Å². The van der Waals surface area contributed by atoms with Crippen molar-refractivity contribution >= 4 is 28.6 Å². The molecule has 1 amide bonds. The normalized spacial score (nSPS) is 12.3. The lowest BCUT2D eigenvalue weighted by molar-refractivity contribution is 0.219. The Morgan fingerprint density at radius 1 is 1.48 bits per heavy atom. The first-order valence-electron chi connectivity index (χ1n) is 7.62. The maximum Gasteiger partial charge on any atom is 0.328 e. The highest BCUT2D eigenvalue weighted by Gasteiger charge is 2.14. The fourth-order valence-electron chi connectivity index (χ4n) is 2.31. The smallest absolute Gasteiger partial charge is 0.328 e. The summed E-state index contributed by atoms with van der Waals surface area (Å²) >= 11 is 5.98. The fourth-order valence-corrected chi connectivity index (χ4v) is 2.48. The Balaban J connectivity index is 1.60. The zero-order valence-electron chi connectivity index (χ0n) is 13.8. The summed E-state index contributed by atoms with van der Waals surface area (Å²) in [6.45, 7) is 0.225. The number of fused-ring (bicyclic) bond motifs is 1. The van der Waals surface area contributed by atoms with Crippen molar-refractivity contribution in [1.29, 1.82) is 0 Å². The van der Waals surface area contributed by atoms with E-state index in [9.17, 15) is 4.79 Å². The van der Waals surface area contributed by atoms with Gasteiger partial charge in [-0.1, -0.05) is 11.6 Å². The van der Waals surface area contributed by atoms with Crippen LogP contribution in [0.5, 0.6) is 5.88 Å². The quantitative estimate of drug-likeness (QED) is 0.745. The molecule has 3 rings (SSSR count). The first-order chi connectivity index (χ1) is 11.9. The number of nitrogens with two attached hydrogens (primary N) is 1. The molecule has 9 heteroatoms. The van der Waals surface area contributed by atoms with E-state index in [0.29, 0.717) is 34.0 Å². The molecule has 0 saturated carbocycles. The average Bonchev–Trinajstić information content (AvgIpc) is 3.18. The molecule has 1 aromatic carbocycles. The van der Waals surface area contributed by atoms with Gasteiger partial charge in [0.1, 0.15) is 12.9 Å². The Kier molecular flexibility index (Phi) is 4.91. The van der Waals surface area contributed by atoms with Gasteiger partial charge in [-0.2, -0.15) is 0 Å². The molecule has 0 saturated heterocycles. The molecule has 1 atom stereocenters. The van der Waals surface area contributed by atoms with E-state index in [1.54, 1.807) is 38.5 Å². The van der Waals surface area contributed by atoms with Crippen molar-refractivity contribution in [3.8, 4) is 5.88 Å². The molecule has 0 radical (unpaired) electrons. The van der Waals surface area contributed by atoms with E-state index in [-0.39, 0.29) is 18.7 Å². The number of rotatable bonds is 5. The Morgan fingerprint density at radius 2 is 2.28 bits per heavy atom. The number of hydrogen-bond acceptors (Lipinski definition) is 6. The summed E-state index contributed by atoms with van der Waals surface area (Å²) in [5.74, 6) is 0.348. The number of benzene rings is 1. The first-order valence-corrected chi connectivity index (χ1v) is 7.99. The maximum atomic E-state index is 11.8. The highest BCUT2D eigenvalue weighted by atomic mass is 35.5. The molecule has 0 bridgehead atoms. The summed E-state index contributed by atoms with van der Waals surface area (Å²) in [4.78, 5) is 17.5. The lowest BCUT2D eigenvalue weighted by Gasteiger charge is -2.11. The third kappa shape index (κ3) is 3.92. The summed E-state index contributed by atoms with van der Waals surface area (Å²) in [6.07, 6.45) is 3.59. The van der Waals surface area contributed by atoms with Gasteiger partial charge < -0.3 is 19.9 Å². The van der Waals surface area contributed by atoms with E-state index < -0.39 is 0 Å². The fraction of sp³-hybridized carbons (Fsp3) is 0.312. The molecule has 25 heavy (non-hydrogen) atoms. The van der Waals surface area contributed by atoms with Crippen LogP contribution in [0.15, 0.2) is 35.2 Å². The Hall–Kier alpha value is -2.58. The van der Waals surface area contributed by atoms with E-state index in [0.717, 1.165) is 0 Å². The highest BCUT2D eigenvalue weighted by molar-refractivity contribution is 6.31. The van der Waals surface area contributed by atoms with Gasteiger partial charge in [-0.15, -0.1) is 0 Å². The van der Waals surface area contributed by atoms with Crippen LogP contribution in [0.25, 0.3) is 11.0 Å². The predicted octanol–water partition coefficient (Wildman–Crippen LogP) is 2.16. The van der Waals surface area contributed by atoms with E-state index in [2.05, 4.69) is 10.1 Å². The molecule has 0 spiro atoms. The van der Waals surface area contributed by atoms with Gasteiger partial charge in [0.2, 0.25) is 0 Å². The van der Waals surface area contributed by atoms with Crippen molar-refractivity contribution in [1.82, 2.24) is 19.6 Å². The number of hydrogen-bond donors (Lipinski definition) is 1. The van der Waals surface area contributed by atoms with Gasteiger partial charge >= 0.3 is 6.03 Å². The van der Waals surface area contributed by atoms with E-state index in [1.807, 2.05) is 0 Å². The number of aromatic nitrogens is 3. The van der Waals surface area contributed by atoms with Crippen LogP contribution in [0.1, 0.15) is 5.69 Å². The van der Waals surface area contributed by atoms with Crippen LogP contribution in [0.2, 0.25) is 5.02 Å². The number of nitrogens with zero attached hydrogens (tertiary/aromatic N) is 4. The SMILES string of the molecule is CN(C)C(=O)n1cnc(CC(N)COc2noc3ccc(Cl)cc23)c1. The number of carbonyl (C=O) groups is 1. The van der Waals surface area contributed by atoms with Gasteiger partial charge in [0.05, 0.1) is 11.1 Å². The monoisotopic (exact) mass is 363 g/mol. The zero-order valence-corrected chi connectivity index (χ0v) is 14.6. The summed E-state index contributed by atoms with van der Waals surface area (Å²) in [5, 5.41) is 5.15. The molecule has 0 aliphatic rings. The molecule has 0 aliphatic carbocycles. The van der Waals surface area contributed by atoms with Crippen molar-refractivity contribution in [2.75, 3.05) is 20.7 Å². The number of amides is 1.